The minimum Gasteiger partial charge on any atom is -0.276 e. The number of fused-ring (bicyclic) bond motifs is 1. The zero-order valence-corrected chi connectivity index (χ0v) is 13.8. The molecule has 2 heterocycles. The fourth-order valence-electron chi connectivity index (χ4n) is 2.18. The van der Waals surface area contributed by atoms with Crippen LogP contribution >= 0.6 is 39.1 Å². The third kappa shape index (κ3) is 2.65. The second kappa shape index (κ2) is 5.91. The Bertz CT molecular complexity index is 799. The van der Waals surface area contributed by atoms with Gasteiger partial charge in [-0.2, -0.15) is 0 Å². The predicted octanol–water partition coefficient (Wildman–Crippen LogP) is 4.76. The van der Waals surface area contributed by atoms with Crippen molar-refractivity contribution in [3.8, 4) is 5.69 Å². The maximum absolute atomic E-state index is 14.2. The van der Waals surface area contributed by atoms with Crippen molar-refractivity contribution in [2.45, 2.75) is 6.42 Å². The zero-order chi connectivity index (χ0) is 15.0. The Hall–Kier alpha value is -1.17. The monoisotopic (exact) mass is 387 g/mol. The lowest BCUT2D eigenvalue weighted by atomic mass is 10.3. The maximum Gasteiger partial charge on any atom is 0.164 e. The normalized spacial score (nSPS) is 11.2. The molecule has 0 saturated carbocycles. The smallest absolute Gasteiger partial charge is 0.164 e. The molecule has 0 N–H and O–H groups in total. The van der Waals surface area contributed by atoms with Crippen molar-refractivity contribution in [2.75, 3.05) is 5.88 Å². The molecule has 0 atom stereocenters. The fourth-order valence-corrected chi connectivity index (χ4v) is 2.91. The summed E-state index contributed by atoms with van der Waals surface area (Å²) >= 11 is 15.3. The van der Waals surface area contributed by atoms with Crippen LogP contribution < -0.4 is 0 Å². The van der Waals surface area contributed by atoms with Crippen LogP contribution in [0.25, 0.3) is 16.9 Å². The Morgan fingerprint density at radius 2 is 2.14 bits per heavy atom. The van der Waals surface area contributed by atoms with Gasteiger partial charge in [0.05, 0.1) is 5.02 Å². The zero-order valence-electron chi connectivity index (χ0n) is 10.7. The van der Waals surface area contributed by atoms with Crippen molar-refractivity contribution < 1.29 is 4.39 Å². The number of aromatic nitrogens is 3. The lowest BCUT2D eigenvalue weighted by Gasteiger charge is -2.10. The van der Waals surface area contributed by atoms with E-state index in [0.29, 0.717) is 34.3 Å². The summed E-state index contributed by atoms with van der Waals surface area (Å²) in [6.07, 6.45) is 2.12. The molecule has 0 aliphatic carbocycles. The molecule has 0 aliphatic rings. The lowest BCUT2D eigenvalue weighted by molar-refractivity contribution is 0.616. The number of imidazole rings is 1. The van der Waals surface area contributed by atoms with E-state index in [2.05, 4.69) is 25.9 Å². The van der Waals surface area contributed by atoms with E-state index >= 15 is 0 Å². The Morgan fingerprint density at radius 1 is 1.33 bits per heavy atom. The van der Waals surface area contributed by atoms with Gasteiger partial charge in [-0.15, -0.1) is 11.6 Å². The van der Waals surface area contributed by atoms with E-state index in [1.54, 1.807) is 22.9 Å². The molecule has 0 aliphatic heterocycles. The number of hydrogen-bond acceptors (Lipinski definition) is 2. The Balaban J connectivity index is 2.36. The molecule has 0 unspecified atom stereocenters. The second-order valence-corrected chi connectivity index (χ2v) is 6.07. The molecule has 7 heteroatoms. The largest absolute Gasteiger partial charge is 0.276 e. The summed E-state index contributed by atoms with van der Waals surface area (Å²) < 4.78 is 16.7. The number of alkyl halides is 1. The second-order valence-electron chi connectivity index (χ2n) is 4.37. The summed E-state index contributed by atoms with van der Waals surface area (Å²) in [4.78, 5) is 8.81. The fraction of sp³-hybridized carbons (Fsp3) is 0.143. The molecule has 0 fully saturated rings. The Kier molecular flexibility index (Phi) is 4.15. The first-order valence-corrected chi connectivity index (χ1v) is 7.85. The highest BCUT2D eigenvalue weighted by Gasteiger charge is 2.18. The molecule has 108 valence electrons. The van der Waals surface area contributed by atoms with Crippen LogP contribution in [-0.2, 0) is 6.42 Å². The van der Waals surface area contributed by atoms with Gasteiger partial charge in [0, 0.05) is 23.0 Å². The van der Waals surface area contributed by atoms with Gasteiger partial charge in [-0.3, -0.25) is 4.57 Å². The average Bonchev–Trinajstić information content (AvgIpc) is 2.77. The van der Waals surface area contributed by atoms with E-state index in [0.717, 1.165) is 4.47 Å². The lowest BCUT2D eigenvalue weighted by Crippen LogP contribution is -2.06. The van der Waals surface area contributed by atoms with Gasteiger partial charge in [0.1, 0.15) is 22.8 Å². The van der Waals surface area contributed by atoms with Crippen LogP contribution in [0.2, 0.25) is 5.02 Å². The Morgan fingerprint density at radius 3 is 2.86 bits per heavy atom. The summed E-state index contributed by atoms with van der Waals surface area (Å²) in [5.41, 5.74) is 1.45. The van der Waals surface area contributed by atoms with Gasteiger partial charge in [0.2, 0.25) is 0 Å². The summed E-state index contributed by atoms with van der Waals surface area (Å²) in [6, 6.07) is 6.38. The van der Waals surface area contributed by atoms with Crippen molar-refractivity contribution in [2.24, 2.45) is 0 Å². The highest BCUT2D eigenvalue weighted by atomic mass is 79.9. The number of nitrogens with zero attached hydrogens (tertiary/aromatic N) is 3. The molecule has 3 nitrogen and oxygen atoms in total. The molecule has 3 aromatic rings. The van der Waals surface area contributed by atoms with E-state index in [-0.39, 0.29) is 5.69 Å². The number of rotatable bonds is 3. The molecule has 2 aromatic heterocycles. The molecule has 0 bridgehead atoms. The number of aryl methyl sites for hydroxylation is 1. The molecule has 0 saturated heterocycles. The summed E-state index contributed by atoms with van der Waals surface area (Å²) in [7, 11) is 0. The van der Waals surface area contributed by atoms with E-state index in [4.69, 9.17) is 23.2 Å². The number of hydrogen-bond donors (Lipinski definition) is 0. The third-order valence-electron chi connectivity index (χ3n) is 3.01. The predicted molar refractivity (Wildman–Crippen MR) is 86.0 cm³/mol. The molecule has 0 radical (unpaired) electrons. The van der Waals surface area contributed by atoms with E-state index in [1.165, 1.54) is 6.07 Å². The van der Waals surface area contributed by atoms with Crippen LogP contribution in [0.5, 0.6) is 0 Å². The van der Waals surface area contributed by atoms with Crippen LogP contribution in [0.3, 0.4) is 0 Å². The Labute approximate surface area is 138 Å². The van der Waals surface area contributed by atoms with Crippen molar-refractivity contribution >= 4 is 50.3 Å². The third-order valence-corrected chi connectivity index (χ3v) is 3.94. The molecule has 0 amide bonds. The average molecular weight is 389 g/mol. The topological polar surface area (TPSA) is 30.7 Å². The molecule has 1 aromatic carbocycles. The summed E-state index contributed by atoms with van der Waals surface area (Å²) in [5, 5.41) is 0.301. The number of halogens is 4. The van der Waals surface area contributed by atoms with Gasteiger partial charge in [-0.05, 0) is 34.1 Å². The van der Waals surface area contributed by atoms with Crippen LogP contribution in [0, 0.1) is 5.82 Å². The maximum atomic E-state index is 14.2. The van der Waals surface area contributed by atoms with Crippen molar-refractivity contribution in [3.05, 3.63) is 51.6 Å². The summed E-state index contributed by atoms with van der Waals surface area (Å²) in [6.45, 7) is 0. The minimum absolute atomic E-state index is 0.247. The van der Waals surface area contributed by atoms with Gasteiger partial charge in [0.25, 0.3) is 0 Å². The number of para-hydroxylation sites is 1. The highest BCUT2D eigenvalue weighted by Crippen LogP contribution is 2.29. The van der Waals surface area contributed by atoms with Crippen molar-refractivity contribution in [1.82, 2.24) is 14.5 Å². The quantitative estimate of drug-likeness (QED) is 0.605. The first-order chi connectivity index (χ1) is 10.1. The van der Waals surface area contributed by atoms with Crippen LogP contribution in [0.15, 0.2) is 34.9 Å². The van der Waals surface area contributed by atoms with Crippen molar-refractivity contribution in [3.63, 3.8) is 0 Å². The van der Waals surface area contributed by atoms with Gasteiger partial charge < -0.3 is 0 Å². The highest BCUT2D eigenvalue weighted by molar-refractivity contribution is 9.10. The van der Waals surface area contributed by atoms with E-state index in [9.17, 15) is 4.39 Å². The van der Waals surface area contributed by atoms with E-state index < -0.39 is 5.82 Å². The van der Waals surface area contributed by atoms with Crippen LogP contribution in [-0.4, -0.2) is 20.4 Å². The van der Waals surface area contributed by atoms with Gasteiger partial charge in [-0.25, -0.2) is 14.4 Å². The standard InChI is InChI=1S/C14H9BrCl2FN3/c15-8-6-11-14(19-7-8)21(12(20-11)4-5-16)13-9(17)2-1-3-10(13)18/h1-3,6-7H,4-5H2. The first-order valence-electron chi connectivity index (χ1n) is 6.15. The molecule has 0 spiro atoms. The van der Waals surface area contributed by atoms with Gasteiger partial charge in [-0.1, -0.05) is 17.7 Å². The minimum atomic E-state index is -0.428. The number of benzene rings is 1. The molecular weight excluding hydrogens is 380 g/mol. The SMILES string of the molecule is Fc1cccc(Cl)c1-n1c(CCCl)nc2cc(Br)cnc21. The van der Waals surface area contributed by atoms with E-state index in [1.807, 2.05) is 6.07 Å². The van der Waals surface area contributed by atoms with Gasteiger partial charge >= 0.3 is 0 Å². The molecular formula is C14H9BrCl2FN3. The molecule has 3 rings (SSSR count). The van der Waals surface area contributed by atoms with Crippen LogP contribution in [0.4, 0.5) is 4.39 Å². The summed E-state index contributed by atoms with van der Waals surface area (Å²) in [5.74, 6) is 0.566. The number of pyridine rings is 1. The van der Waals surface area contributed by atoms with Crippen LogP contribution in [0.1, 0.15) is 5.82 Å². The van der Waals surface area contributed by atoms with Crippen molar-refractivity contribution in [1.29, 1.82) is 0 Å². The molecule has 21 heavy (non-hydrogen) atoms. The van der Waals surface area contributed by atoms with Gasteiger partial charge in [0.15, 0.2) is 5.65 Å². The first kappa shape index (κ1) is 14.8.